The van der Waals surface area contributed by atoms with Crippen LogP contribution in [0.2, 0.25) is 0 Å². The van der Waals surface area contributed by atoms with Crippen molar-refractivity contribution in [3.63, 3.8) is 0 Å². The molecule has 0 radical (unpaired) electrons. The molecule has 1 aromatic rings. The Morgan fingerprint density at radius 1 is 1.19 bits per heavy atom. The monoisotopic (exact) mass is 287 g/mol. The van der Waals surface area contributed by atoms with Gasteiger partial charge in [0, 0.05) is 18.6 Å². The highest BCUT2D eigenvalue weighted by molar-refractivity contribution is 5.34. The summed E-state index contributed by atoms with van der Waals surface area (Å²) >= 11 is 0. The first kappa shape index (κ1) is 15.1. The summed E-state index contributed by atoms with van der Waals surface area (Å²) in [5.41, 5.74) is 3.15. The Bertz CT molecular complexity index is 435. The summed E-state index contributed by atoms with van der Waals surface area (Å²) in [4.78, 5) is 0. The number of nitrogens with one attached hydrogen (secondary N) is 1. The second-order valence-corrected chi connectivity index (χ2v) is 6.67. The molecule has 1 aromatic carbocycles. The summed E-state index contributed by atoms with van der Waals surface area (Å²) in [5, 5.41) is 3.82. The number of hydrogen-bond donors (Lipinski definition) is 1. The molecule has 3 rings (SSSR count). The molecule has 2 atom stereocenters. The standard InChI is InChI=1S/C19H29NO/c1-2-12-20-19(16-9-6-13-21-14-16)18-11-4-3-10-17(18)15-7-5-8-15/h3-4,10-11,15-16,19-20H,2,5-9,12-14H2,1H3. The van der Waals surface area contributed by atoms with Gasteiger partial charge in [-0.3, -0.25) is 0 Å². The zero-order chi connectivity index (χ0) is 14.5. The van der Waals surface area contributed by atoms with E-state index in [1.807, 2.05) is 0 Å². The van der Waals surface area contributed by atoms with Crippen molar-refractivity contribution in [3.8, 4) is 0 Å². The molecule has 2 aliphatic rings. The molecule has 1 aliphatic heterocycles. The van der Waals surface area contributed by atoms with Crippen LogP contribution in [-0.4, -0.2) is 19.8 Å². The van der Waals surface area contributed by atoms with E-state index in [4.69, 9.17) is 4.74 Å². The highest BCUT2D eigenvalue weighted by Gasteiger charge is 2.30. The van der Waals surface area contributed by atoms with E-state index in [1.54, 1.807) is 11.1 Å². The third kappa shape index (κ3) is 3.49. The molecular formula is C19H29NO. The van der Waals surface area contributed by atoms with Crippen LogP contribution in [0.3, 0.4) is 0 Å². The van der Waals surface area contributed by atoms with Gasteiger partial charge in [-0.25, -0.2) is 0 Å². The van der Waals surface area contributed by atoms with Crippen molar-refractivity contribution in [2.75, 3.05) is 19.8 Å². The maximum atomic E-state index is 5.77. The third-order valence-corrected chi connectivity index (χ3v) is 5.16. The van der Waals surface area contributed by atoms with Gasteiger partial charge >= 0.3 is 0 Å². The fourth-order valence-corrected chi connectivity index (χ4v) is 3.74. The van der Waals surface area contributed by atoms with E-state index in [-0.39, 0.29) is 0 Å². The van der Waals surface area contributed by atoms with E-state index in [0.29, 0.717) is 12.0 Å². The van der Waals surface area contributed by atoms with Crippen molar-refractivity contribution in [1.29, 1.82) is 0 Å². The van der Waals surface area contributed by atoms with Crippen molar-refractivity contribution in [2.45, 2.75) is 57.4 Å². The maximum absolute atomic E-state index is 5.77. The van der Waals surface area contributed by atoms with Crippen molar-refractivity contribution >= 4 is 0 Å². The van der Waals surface area contributed by atoms with Crippen molar-refractivity contribution in [1.82, 2.24) is 5.32 Å². The van der Waals surface area contributed by atoms with E-state index in [9.17, 15) is 0 Å². The smallest absolute Gasteiger partial charge is 0.0512 e. The van der Waals surface area contributed by atoms with Crippen LogP contribution >= 0.6 is 0 Å². The number of hydrogen-bond acceptors (Lipinski definition) is 2. The summed E-state index contributed by atoms with van der Waals surface area (Å²) in [7, 11) is 0. The van der Waals surface area contributed by atoms with Gasteiger partial charge in [0.1, 0.15) is 0 Å². The largest absolute Gasteiger partial charge is 0.381 e. The fourth-order valence-electron chi connectivity index (χ4n) is 3.74. The first-order valence-electron chi connectivity index (χ1n) is 8.80. The lowest BCUT2D eigenvalue weighted by atomic mass is 9.75. The van der Waals surface area contributed by atoms with Crippen LogP contribution in [0, 0.1) is 5.92 Å². The molecule has 0 amide bonds. The molecule has 2 nitrogen and oxygen atoms in total. The predicted molar refractivity (Wildman–Crippen MR) is 87.6 cm³/mol. The summed E-state index contributed by atoms with van der Waals surface area (Å²) in [5.74, 6) is 1.43. The number of rotatable bonds is 6. The zero-order valence-electron chi connectivity index (χ0n) is 13.3. The highest BCUT2D eigenvalue weighted by Crippen LogP contribution is 2.41. The van der Waals surface area contributed by atoms with Crippen molar-refractivity contribution in [3.05, 3.63) is 35.4 Å². The van der Waals surface area contributed by atoms with E-state index in [2.05, 4.69) is 36.5 Å². The normalized spacial score (nSPS) is 24.5. The maximum Gasteiger partial charge on any atom is 0.0512 e. The van der Waals surface area contributed by atoms with Crippen LogP contribution < -0.4 is 5.32 Å². The Kier molecular flexibility index (Phi) is 5.32. The molecule has 1 aliphatic carbocycles. The van der Waals surface area contributed by atoms with Gasteiger partial charge in [0.05, 0.1) is 6.61 Å². The summed E-state index contributed by atoms with van der Waals surface area (Å²) in [6.45, 7) is 5.21. The lowest BCUT2D eigenvalue weighted by Gasteiger charge is -2.35. The molecular weight excluding hydrogens is 258 g/mol. The first-order chi connectivity index (χ1) is 10.4. The molecule has 116 valence electrons. The fraction of sp³-hybridized carbons (Fsp3) is 0.684. The molecule has 2 fully saturated rings. The van der Waals surface area contributed by atoms with Crippen LogP contribution in [0.4, 0.5) is 0 Å². The van der Waals surface area contributed by atoms with Gasteiger partial charge in [0.15, 0.2) is 0 Å². The Labute approximate surface area is 129 Å². The minimum atomic E-state index is 0.474. The number of benzene rings is 1. The second kappa shape index (κ2) is 7.42. The van der Waals surface area contributed by atoms with E-state index in [0.717, 1.165) is 25.7 Å². The SMILES string of the molecule is CCCNC(c1ccccc1C1CCC1)C1CCCOC1. The average molecular weight is 287 g/mol. The molecule has 1 saturated heterocycles. The van der Waals surface area contributed by atoms with Gasteiger partial charge in [-0.15, -0.1) is 0 Å². The van der Waals surface area contributed by atoms with Gasteiger partial charge in [-0.2, -0.15) is 0 Å². The quantitative estimate of drug-likeness (QED) is 0.836. The summed E-state index contributed by atoms with van der Waals surface area (Å²) in [6, 6.07) is 9.62. The topological polar surface area (TPSA) is 21.3 Å². The summed E-state index contributed by atoms with van der Waals surface area (Å²) in [6.07, 6.45) is 7.84. The molecule has 21 heavy (non-hydrogen) atoms. The van der Waals surface area contributed by atoms with Crippen LogP contribution in [-0.2, 0) is 4.74 Å². The number of ether oxygens (including phenoxy) is 1. The highest BCUT2D eigenvalue weighted by atomic mass is 16.5. The lowest BCUT2D eigenvalue weighted by molar-refractivity contribution is 0.0388. The van der Waals surface area contributed by atoms with E-state index >= 15 is 0 Å². The Morgan fingerprint density at radius 2 is 2.05 bits per heavy atom. The van der Waals surface area contributed by atoms with E-state index < -0.39 is 0 Å². The van der Waals surface area contributed by atoms with Gasteiger partial charge < -0.3 is 10.1 Å². The zero-order valence-corrected chi connectivity index (χ0v) is 13.3. The molecule has 1 saturated carbocycles. The second-order valence-electron chi connectivity index (χ2n) is 6.67. The predicted octanol–water partition coefficient (Wildman–Crippen LogP) is 4.42. The van der Waals surface area contributed by atoms with Crippen LogP contribution in [0.1, 0.15) is 68.5 Å². The van der Waals surface area contributed by atoms with Gasteiger partial charge in [0.2, 0.25) is 0 Å². The summed E-state index contributed by atoms with van der Waals surface area (Å²) < 4.78 is 5.77. The minimum absolute atomic E-state index is 0.474. The molecule has 0 aromatic heterocycles. The molecule has 2 heteroatoms. The Balaban J connectivity index is 1.84. The third-order valence-electron chi connectivity index (χ3n) is 5.16. The molecule has 0 bridgehead atoms. The minimum Gasteiger partial charge on any atom is -0.381 e. The van der Waals surface area contributed by atoms with E-state index in [1.165, 1.54) is 38.5 Å². The average Bonchev–Trinajstić information content (AvgIpc) is 2.48. The van der Waals surface area contributed by atoms with Crippen LogP contribution in [0.25, 0.3) is 0 Å². The lowest BCUT2D eigenvalue weighted by Crippen LogP contribution is -2.35. The molecule has 2 unspecified atom stereocenters. The van der Waals surface area contributed by atoms with Gasteiger partial charge in [0.25, 0.3) is 0 Å². The van der Waals surface area contributed by atoms with Crippen molar-refractivity contribution < 1.29 is 4.74 Å². The Morgan fingerprint density at radius 3 is 2.71 bits per heavy atom. The van der Waals surface area contributed by atoms with Gasteiger partial charge in [-0.05, 0) is 55.7 Å². The molecule has 1 heterocycles. The first-order valence-corrected chi connectivity index (χ1v) is 8.80. The van der Waals surface area contributed by atoms with Gasteiger partial charge in [-0.1, -0.05) is 37.6 Å². The molecule has 1 N–H and O–H groups in total. The van der Waals surface area contributed by atoms with Crippen molar-refractivity contribution in [2.24, 2.45) is 5.92 Å². The Hall–Kier alpha value is -0.860. The van der Waals surface area contributed by atoms with Crippen LogP contribution in [0.5, 0.6) is 0 Å². The molecule has 0 spiro atoms. The van der Waals surface area contributed by atoms with Crippen LogP contribution in [0.15, 0.2) is 24.3 Å².